The number of hydrogen-bond acceptors (Lipinski definition) is 27. The van der Waals surface area contributed by atoms with E-state index in [1.165, 1.54) is 0 Å². The zero-order valence-electron chi connectivity index (χ0n) is 38.1. The number of hydrogen-bond donors (Lipinski definition) is 4. The van der Waals surface area contributed by atoms with Gasteiger partial charge in [0.25, 0.3) is 0 Å². The Balaban J connectivity index is 2.40. The third-order valence-corrected chi connectivity index (χ3v) is 10.6. The van der Waals surface area contributed by atoms with Gasteiger partial charge in [0.15, 0.2) is 59.6 Å². The second kappa shape index (κ2) is 22.1. The fraction of sp³-hybridized carbons (Fsp3) is 0.725. The topological polar surface area (TPSA) is 379 Å². The summed E-state index contributed by atoms with van der Waals surface area (Å²) in [4.78, 5) is 140. The number of aliphatic hydroxyl groups excluding tert-OH is 1. The molecule has 0 spiro atoms. The molecule has 0 aromatic carbocycles. The van der Waals surface area contributed by atoms with Crippen molar-refractivity contribution in [1.82, 2.24) is 0 Å². The number of esters is 7. The Kier molecular flexibility index (Phi) is 18.5. The number of carbonyl (C=O) groups excluding carboxylic acids is 11. The van der Waals surface area contributed by atoms with Gasteiger partial charge in [-0.15, -0.1) is 0 Å². The van der Waals surface area contributed by atoms with Crippen molar-refractivity contribution < 1.29 is 130 Å². The fourth-order valence-electron chi connectivity index (χ4n) is 7.76. The zero-order chi connectivity index (χ0) is 51.3. The highest BCUT2D eigenvalue weighted by atomic mass is 16.8. The first kappa shape index (κ1) is 55.9. The average molecular weight is 967 g/mol. The first-order chi connectivity index (χ1) is 30.9. The SMILES string of the molecule is CC(=O)OC[C@H]1O[C@H](OC(C)=O)[C@H](OC(C)=O)[C@@H](OC(C)=O)[C@@H]1O[C@@H]1O[C@H](COC(C)=O)[C@@H](O[C@@H]2O[C@H](C(O)C(C)=O)[C@](O)(C(C)=O)[C@@](O)(C(C)=O)[C@]2(O)C(C)=O)[C@H](OC(C)=O)[C@H]1OC(C)=O. The van der Waals surface area contributed by atoms with Gasteiger partial charge in [-0.25, -0.2) is 0 Å². The predicted molar refractivity (Wildman–Crippen MR) is 207 cm³/mol. The number of rotatable bonds is 18. The van der Waals surface area contributed by atoms with Crippen LogP contribution in [0.2, 0.25) is 0 Å². The molecule has 0 amide bonds. The van der Waals surface area contributed by atoms with Gasteiger partial charge in [-0.05, 0) is 27.7 Å². The average Bonchev–Trinajstić information content (AvgIpc) is 3.18. The van der Waals surface area contributed by atoms with Crippen molar-refractivity contribution in [3.8, 4) is 0 Å². The smallest absolute Gasteiger partial charge is 0.305 e. The van der Waals surface area contributed by atoms with Gasteiger partial charge in [-0.1, -0.05) is 0 Å². The van der Waals surface area contributed by atoms with E-state index in [-0.39, 0.29) is 0 Å². The van der Waals surface area contributed by atoms with Crippen LogP contribution in [0.15, 0.2) is 0 Å². The molecule has 3 rings (SSSR count). The monoisotopic (exact) mass is 966 g/mol. The van der Waals surface area contributed by atoms with E-state index in [0.717, 1.165) is 55.4 Å². The maximum atomic E-state index is 13.6. The van der Waals surface area contributed by atoms with E-state index in [1.807, 2.05) is 0 Å². The molecule has 3 aliphatic heterocycles. The molecule has 16 atom stereocenters. The van der Waals surface area contributed by atoms with E-state index in [0.29, 0.717) is 20.8 Å². The molecular weight excluding hydrogens is 912 g/mol. The number of ketones is 4. The molecule has 27 nitrogen and oxygen atoms in total. The Morgan fingerprint density at radius 1 is 0.448 bits per heavy atom. The predicted octanol–water partition coefficient (Wildman–Crippen LogP) is -3.74. The molecule has 0 aliphatic carbocycles. The van der Waals surface area contributed by atoms with Gasteiger partial charge in [0.05, 0.1) is 0 Å². The van der Waals surface area contributed by atoms with E-state index in [4.69, 9.17) is 56.8 Å². The van der Waals surface area contributed by atoms with Crippen molar-refractivity contribution >= 4 is 64.9 Å². The summed E-state index contributed by atoms with van der Waals surface area (Å²) in [6.07, 6.45) is -28.5. The fourth-order valence-corrected chi connectivity index (χ4v) is 7.76. The lowest BCUT2D eigenvalue weighted by Gasteiger charge is -2.58. The molecule has 3 heterocycles. The molecule has 4 N–H and O–H groups in total. The minimum absolute atomic E-state index is 0.516. The van der Waals surface area contributed by atoms with Crippen molar-refractivity contribution in [1.29, 1.82) is 0 Å². The third kappa shape index (κ3) is 11.8. The summed E-state index contributed by atoms with van der Waals surface area (Å²) in [5.41, 5.74) is -11.8. The number of ether oxygens (including phenoxy) is 12. The van der Waals surface area contributed by atoms with Crippen molar-refractivity contribution in [2.45, 2.75) is 173 Å². The van der Waals surface area contributed by atoms with E-state index in [9.17, 15) is 73.2 Å². The number of carbonyl (C=O) groups is 11. The van der Waals surface area contributed by atoms with Gasteiger partial charge in [0, 0.05) is 48.5 Å². The van der Waals surface area contributed by atoms with Crippen molar-refractivity contribution in [3.05, 3.63) is 0 Å². The van der Waals surface area contributed by atoms with Crippen LogP contribution >= 0.6 is 0 Å². The Hall–Kier alpha value is -5.39. The normalized spacial score (nSPS) is 35.3. The van der Waals surface area contributed by atoms with Crippen LogP contribution in [0.25, 0.3) is 0 Å². The second-order valence-electron chi connectivity index (χ2n) is 15.7. The Bertz CT molecular complexity index is 1970. The first-order valence-corrected chi connectivity index (χ1v) is 20.1. The first-order valence-electron chi connectivity index (χ1n) is 20.1. The second-order valence-corrected chi connectivity index (χ2v) is 15.7. The molecule has 3 saturated heterocycles. The van der Waals surface area contributed by atoms with Gasteiger partial charge in [-0.2, -0.15) is 0 Å². The van der Waals surface area contributed by atoms with Crippen molar-refractivity contribution in [2.75, 3.05) is 13.2 Å². The molecular formula is C40H54O27. The van der Waals surface area contributed by atoms with Crippen LogP contribution in [0, 0.1) is 0 Å². The van der Waals surface area contributed by atoms with Crippen LogP contribution in [0.3, 0.4) is 0 Å². The molecule has 376 valence electrons. The quantitative estimate of drug-likeness (QED) is 0.0757. The Morgan fingerprint density at radius 2 is 0.821 bits per heavy atom. The van der Waals surface area contributed by atoms with Crippen LogP contribution in [0.1, 0.15) is 76.2 Å². The van der Waals surface area contributed by atoms with Gasteiger partial charge >= 0.3 is 41.8 Å². The molecule has 1 unspecified atom stereocenters. The van der Waals surface area contributed by atoms with Crippen LogP contribution in [0.5, 0.6) is 0 Å². The van der Waals surface area contributed by atoms with Crippen LogP contribution < -0.4 is 0 Å². The maximum Gasteiger partial charge on any atom is 0.305 e. The largest absolute Gasteiger partial charge is 0.463 e. The van der Waals surface area contributed by atoms with Crippen molar-refractivity contribution in [2.24, 2.45) is 0 Å². The highest BCUT2D eigenvalue weighted by molar-refractivity contribution is 6.05. The van der Waals surface area contributed by atoms with E-state index < -0.39 is 175 Å². The lowest BCUT2D eigenvalue weighted by molar-refractivity contribution is -0.403. The van der Waals surface area contributed by atoms with Crippen LogP contribution in [-0.2, 0) is 110 Å². The van der Waals surface area contributed by atoms with E-state index in [2.05, 4.69) is 0 Å². The zero-order valence-corrected chi connectivity index (χ0v) is 38.1. The summed E-state index contributed by atoms with van der Waals surface area (Å²) >= 11 is 0. The third-order valence-electron chi connectivity index (χ3n) is 10.6. The van der Waals surface area contributed by atoms with Crippen molar-refractivity contribution in [3.63, 3.8) is 0 Å². The minimum atomic E-state index is -4.05. The molecule has 0 bridgehead atoms. The summed E-state index contributed by atoms with van der Waals surface area (Å²) < 4.78 is 67.3. The molecule has 0 aromatic rings. The summed E-state index contributed by atoms with van der Waals surface area (Å²) in [7, 11) is 0. The minimum Gasteiger partial charge on any atom is -0.463 e. The van der Waals surface area contributed by atoms with Gasteiger partial charge in [0.1, 0.15) is 49.8 Å². The highest BCUT2D eigenvalue weighted by Gasteiger charge is 2.80. The van der Waals surface area contributed by atoms with Crippen LogP contribution in [-0.4, -0.2) is 195 Å². The highest BCUT2D eigenvalue weighted by Crippen LogP contribution is 2.49. The van der Waals surface area contributed by atoms with Gasteiger partial charge in [-0.3, -0.25) is 52.7 Å². The van der Waals surface area contributed by atoms with E-state index >= 15 is 0 Å². The Morgan fingerprint density at radius 3 is 1.18 bits per heavy atom. The van der Waals surface area contributed by atoms with Gasteiger partial charge < -0.3 is 77.3 Å². The van der Waals surface area contributed by atoms with E-state index in [1.54, 1.807) is 0 Å². The number of Topliss-reactive ketones (excluding diaryl/α,β-unsaturated/α-hetero) is 4. The molecule has 67 heavy (non-hydrogen) atoms. The van der Waals surface area contributed by atoms with Gasteiger partial charge in [0.2, 0.25) is 23.6 Å². The summed E-state index contributed by atoms with van der Waals surface area (Å²) in [5, 5.41) is 47.2. The van der Waals surface area contributed by atoms with Crippen LogP contribution in [0.4, 0.5) is 0 Å². The molecule has 0 aromatic heterocycles. The standard InChI is InChI=1S/C40H54O27/c1-14(41)27(52)34-38(53,15(2)42)40(55,17(4)44)39(54,16(3)43)37(67-34)66-29-26(13-57-19(6)46)64-36(33(61-23(10)50)31(29)59-21(8)48)65-28-25(12-56-18(5)45)63-35(62-24(11)51)32(60-22(9)49)30(28)58-20(7)47/h25-37,52-55H,12-13H2,1-11H3/t25-,26-,27?,28-,29-,30+,31+,32-,33-,34-,35+,36+,37-,38-,39+,40+/m1/s1. The lowest BCUT2D eigenvalue weighted by Crippen LogP contribution is -2.87. The number of aliphatic hydroxyl groups is 4. The molecule has 0 saturated carbocycles. The molecule has 3 fully saturated rings. The maximum absolute atomic E-state index is 13.6. The summed E-state index contributed by atoms with van der Waals surface area (Å²) in [6.45, 7) is 6.88. The molecule has 27 heteroatoms. The summed E-state index contributed by atoms with van der Waals surface area (Å²) in [6, 6.07) is 0. The lowest BCUT2D eigenvalue weighted by atomic mass is 9.60. The summed E-state index contributed by atoms with van der Waals surface area (Å²) in [5.74, 6) is -13.7. The Labute approximate surface area is 380 Å². The molecule has 0 radical (unpaired) electrons. The molecule has 3 aliphatic rings.